The number of hydrogen-bond donors (Lipinski definition) is 2. The summed E-state index contributed by atoms with van der Waals surface area (Å²) in [5, 5.41) is 11.6. The molecule has 2 N–H and O–H groups in total. The molecule has 78 valence electrons. The molecule has 4 heteroatoms. The van der Waals surface area contributed by atoms with Crippen LogP contribution >= 0.6 is 0 Å². The van der Waals surface area contributed by atoms with Crippen molar-refractivity contribution in [2.75, 3.05) is 0 Å². The Bertz CT molecular complexity index is 172. The molecule has 0 saturated heterocycles. The van der Waals surface area contributed by atoms with Gasteiger partial charge in [0.15, 0.2) is 0 Å². The highest BCUT2D eigenvalue weighted by Gasteiger charge is 2.18. The molecule has 0 fully saturated rings. The number of amides is 1. The van der Waals surface area contributed by atoms with Crippen LogP contribution in [-0.4, -0.2) is 28.9 Å². The molecule has 0 saturated carbocycles. The number of rotatable bonds is 2. The minimum absolute atomic E-state index is 0.296. The molecule has 4 nitrogen and oxygen atoms in total. The van der Waals surface area contributed by atoms with Gasteiger partial charge in [-0.05, 0) is 34.6 Å². The van der Waals surface area contributed by atoms with Gasteiger partial charge in [0, 0.05) is 0 Å². The quantitative estimate of drug-likeness (QED) is 0.688. The summed E-state index contributed by atoms with van der Waals surface area (Å²) in [5.74, 6) is 0. The van der Waals surface area contributed by atoms with Crippen LogP contribution in [0.3, 0.4) is 0 Å². The second-order valence-electron chi connectivity index (χ2n) is 4.18. The predicted octanol–water partition coefficient (Wildman–Crippen LogP) is 1.28. The highest BCUT2D eigenvalue weighted by molar-refractivity contribution is 5.68. The molecule has 2 atom stereocenters. The summed E-state index contributed by atoms with van der Waals surface area (Å²) in [4.78, 5) is 11.1. The minimum Gasteiger partial charge on any atom is -0.444 e. The van der Waals surface area contributed by atoms with Gasteiger partial charge < -0.3 is 15.2 Å². The topological polar surface area (TPSA) is 58.6 Å². The highest BCUT2D eigenvalue weighted by atomic mass is 16.6. The van der Waals surface area contributed by atoms with E-state index in [0.29, 0.717) is 0 Å². The third-order valence-corrected chi connectivity index (χ3v) is 1.47. The van der Waals surface area contributed by atoms with Crippen LogP contribution < -0.4 is 5.32 Å². The first kappa shape index (κ1) is 12.2. The maximum absolute atomic E-state index is 11.1. The maximum Gasteiger partial charge on any atom is 0.407 e. The zero-order chi connectivity index (χ0) is 10.6. The first-order chi connectivity index (χ1) is 5.72. The number of carbonyl (C=O) groups excluding carboxylic acids is 1. The summed E-state index contributed by atoms with van der Waals surface area (Å²) in [6, 6.07) is -0.296. The highest BCUT2D eigenvalue weighted by Crippen LogP contribution is 2.06. The number of nitrogens with one attached hydrogen (secondary N) is 1. The lowest BCUT2D eigenvalue weighted by Crippen LogP contribution is -2.42. The smallest absolute Gasteiger partial charge is 0.407 e. The minimum atomic E-state index is -0.576. The standard InChI is InChI=1S/C9H19NO3/c1-6(7(2)11)10-8(12)13-9(3,4)5/h6-7,11H,1-5H3,(H,10,12)/t6-,7?/m1/s1. The van der Waals surface area contributed by atoms with Crippen LogP contribution in [0.5, 0.6) is 0 Å². The van der Waals surface area contributed by atoms with Crippen molar-refractivity contribution < 1.29 is 14.6 Å². The molecule has 1 amide bonds. The Kier molecular flexibility index (Phi) is 4.20. The van der Waals surface area contributed by atoms with Crippen LogP contribution in [0.4, 0.5) is 4.79 Å². The van der Waals surface area contributed by atoms with Gasteiger partial charge in [-0.25, -0.2) is 4.79 Å². The fraction of sp³-hybridized carbons (Fsp3) is 0.889. The fourth-order valence-corrected chi connectivity index (χ4v) is 0.614. The summed E-state index contributed by atoms with van der Waals surface area (Å²) in [6.45, 7) is 8.70. The third-order valence-electron chi connectivity index (χ3n) is 1.47. The van der Waals surface area contributed by atoms with E-state index >= 15 is 0 Å². The summed E-state index contributed by atoms with van der Waals surface area (Å²) in [6.07, 6.45) is -1.08. The van der Waals surface area contributed by atoms with E-state index < -0.39 is 17.8 Å². The Hall–Kier alpha value is -0.770. The monoisotopic (exact) mass is 189 g/mol. The molecular weight excluding hydrogens is 170 g/mol. The molecule has 13 heavy (non-hydrogen) atoms. The van der Waals surface area contributed by atoms with Gasteiger partial charge >= 0.3 is 6.09 Å². The molecule has 0 aliphatic rings. The molecule has 0 rings (SSSR count). The average Bonchev–Trinajstić information content (AvgIpc) is 1.81. The van der Waals surface area contributed by atoms with Gasteiger partial charge in [-0.15, -0.1) is 0 Å². The van der Waals surface area contributed by atoms with E-state index in [-0.39, 0.29) is 6.04 Å². The molecular formula is C9H19NO3. The van der Waals surface area contributed by atoms with E-state index in [9.17, 15) is 4.79 Å². The molecule has 0 aromatic heterocycles. The lowest BCUT2D eigenvalue weighted by Gasteiger charge is -2.22. The lowest BCUT2D eigenvalue weighted by molar-refractivity contribution is 0.0450. The van der Waals surface area contributed by atoms with Crippen LogP contribution in [-0.2, 0) is 4.74 Å². The Balaban J connectivity index is 3.89. The van der Waals surface area contributed by atoms with Crippen molar-refractivity contribution in [2.24, 2.45) is 0 Å². The van der Waals surface area contributed by atoms with E-state index in [1.54, 1.807) is 34.6 Å². The van der Waals surface area contributed by atoms with E-state index in [2.05, 4.69) is 5.32 Å². The van der Waals surface area contributed by atoms with E-state index in [4.69, 9.17) is 9.84 Å². The van der Waals surface area contributed by atoms with Crippen molar-refractivity contribution in [3.05, 3.63) is 0 Å². The molecule has 0 aromatic carbocycles. The summed E-state index contributed by atoms with van der Waals surface area (Å²) < 4.78 is 5.00. The van der Waals surface area contributed by atoms with Crippen molar-refractivity contribution >= 4 is 6.09 Å². The Morgan fingerprint density at radius 2 is 1.85 bits per heavy atom. The van der Waals surface area contributed by atoms with Gasteiger partial charge in [0.25, 0.3) is 0 Å². The van der Waals surface area contributed by atoms with E-state index in [1.807, 2.05) is 0 Å². The second kappa shape index (κ2) is 4.46. The zero-order valence-corrected chi connectivity index (χ0v) is 8.92. The molecule has 0 aliphatic heterocycles. The first-order valence-electron chi connectivity index (χ1n) is 4.40. The third kappa shape index (κ3) is 6.40. The number of aliphatic hydroxyl groups excluding tert-OH is 1. The molecule has 0 aromatic rings. The zero-order valence-electron chi connectivity index (χ0n) is 8.92. The van der Waals surface area contributed by atoms with Gasteiger partial charge in [-0.3, -0.25) is 0 Å². The van der Waals surface area contributed by atoms with Gasteiger partial charge in [0.2, 0.25) is 0 Å². The lowest BCUT2D eigenvalue weighted by atomic mass is 10.2. The first-order valence-corrected chi connectivity index (χ1v) is 4.40. The average molecular weight is 189 g/mol. The molecule has 0 heterocycles. The van der Waals surface area contributed by atoms with Crippen molar-refractivity contribution in [3.8, 4) is 0 Å². The number of aliphatic hydroxyl groups is 1. The predicted molar refractivity (Wildman–Crippen MR) is 50.5 cm³/mol. The largest absolute Gasteiger partial charge is 0.444 e. The number of carbonyl (C=O) groups is 1. The number of hydrogen-bond acceptors (Lipinski definition) is 3. The van der Waals surface area contributed by atoms with Crippen molar-refractivity contribution in [2.45, 2.75) is 52.4 Å². The van der Waals surface area contributed by atoms with Crippen LogP contribution in [0.25, 0.3) is 0 Å². The summed E-state index contributed by atoms with van der Waals surface area (Å²) in [5.41, 5.74) is -0.498. The molecule has 0 aliphatic carbocycles. The van der Waals surface area contributed by atoms with Gasteiger partial charge in [-0.1, -0.05) is 0 Å². The Labute approximate surface area is 79.3 Å². The summed E-state index contributed by atoms with van der Waals surface area (Å²) >= 11 is 0. The molecule has 0 spiro atoms. The Morgan fingerprint density at radius 3 is 2.15 bits per heavy atom. The van der Waals surface area contributed by atoms with Crippen molar-refractivity contribution in [1.82, 2.24) is 5.32 Å². The van der Waals surface area contributed by atoms with Crippen molar-refractivity contribution in [1.29, 1.82) is 0 Å². The van der Waals surface area contributed by atoms with Crippen molar-refractivity contribution in [3.63, 3.8) is 0 Å². The molecule has 0 radical (unpaired) electrons. The normalized spacial score (nSPS) is 16.2. The number of alkyl carbamates (subject to hydrolysis) is 1. The van der Waals surface area contributed by atoms with Crippen LogP contribution in [0, 0.1) is 0 Å². The molecule has 1 unspecified atom stereocenters. The summed E-state index contributed by atoms with van der Waals surface area (Å²) in [7, 11) is 0. The maximum atomic E-state index is 11.1. The van der Waals surface area contributed by atoms with Gasteiger partial charge in [0.05, 0.1) is 12.1 Å². The van der Waals surface area contributed by atoms with Crippen LogP contribution in [0.1, 0.15) is 34.6 Å². The second-order valence-corrected chi connectivity index (χ2v) is 4.18. The molecule has 0 bridgehead atoms. The van der Waals surface area contributed by atoms with Crippen LogP contribution in [0.2, 0.25) is 0 Å². The van der Waals surface area contributed by atoms with E-state index in [1.165, 1.54) is 0 Å². The fourth-order valence-electron chi connectivity index (χ4n) is 0.614. The van der Waals surface area contributed by atoms with Gasteiger partial charge in [0.1, 0.15) is 5.60 Å². The van der Waals surface area contributed by atoms with Gasteiger partial charge in [-0.2, -0.15) is 0 Å². The Morgan fingerprint density at radius 1 is 1.38 bits per heavy atom. The number of ether oxygens (including phenoxy) is 1. The van der Waals surface area contributed by atoms with Crippen LogP contribution in [0.15, 0.2) is 0 Å². The van der Waals surface area contributed by atoms with E-state index in [0.717, 1.165) is 0 Å². The SMILES string of the molecule is CC(O)[C@@H](C)NC(=O)OC(C)(C)C.